The highest BCUT2D eigenvalue weighted by Gasteiger charge is 2.02. The number of hydrogen-bond acceptors (Lipinski definition) is 2. The van der Waals surface area contributed by atoms with Crippen molar-refractivity contribution in [3.05, 3.63) is 18.0 Å². The number of alkyl halides is 1. The fourth-order valence-corrected chi connectivity index (χ4v) is 2.10. The van der Waals surface area contributed by atoms with Crippen molar-refractivity contribution in [3.8, 4) is 0 Å². The first-order valence-corrected chi connectivity index (χ1v) is 7.14. The smallest absolute Gasteiger partial charge is 0.0534 e. The molecule has 0 atom stereocenters. The third kappa shape index (κ3) is 5.12. The van der Waals surface area contributed by atoms with Gasteiger partial charge in [0.15, 0.2) is 0 Å². The van der Waals surface area contributed by atoms with E-state index in [0.29, 0.717) is 0 Å². The monoisotopic (exact) mass is 287 g/mol. The molecule has 4 heteroatoms. The summed E-state index contributed by atoms with van der Waals surface area (Å²) in [5.74, 6) is 0. The minimum absolute atomic E-state index is 0.953. The Labute approximate surface area is 107 Å². The second-order valence-corrected chi connectivity index (χ2v) is 4.98. The van der Waals surface area contributed by atoms with Crippen LogP contribution in [0.2, 0.25) is 0 Å². The molecule has 0 saturated heterocycles. The largest absolute Gasteiger partial charge is 0.302 e. The van der Waals surface area contributed by atoms with E-state index in [-0.39, 0.29) is 0 Å². The number of halogens is 1. The van der Waals surface area contributed by atoms with Crippen molar-refractivity contribution >= 4 is 15.9 Å². The first kappa shape index (κ1) is 13.7. The fraction of sp³-hybridized carbons (Fsp3) is 0.750. The highest BCUT2D eigenvalue weighted by Crippen LogP contribution is 2.05. The van der Waals surface area contributed by atoms with E-state index in [2.05, 4.69) is 46.1 Å². The second-order valence-electron chi connectivity index (χ2n) is 4.19. The Morgan fingerprint density at radius 1 is 1.38 bits per heavy atom. The van der Waals surface area contributed by atoms with Crippen LogP contribution in [0.25, 0.3) is 0 Å². The Balaban J connectivity index is 2.20. The van der Waals surface area contributed by atoms with Crippen molar-refractivity contribution in [2.75, 3.05) is 18.9 Å². The number of aryl methyl sites for hydroxylation is 1. The van der Waals surface area contributed by atoms with Crippen molar-refractivity contribution in [3.63, 3.8) is 0 Å². The normalized spacial score (nSPS) is 11.2. The van der Waals surface area contributed by atoms with Crippen LogP contribution in [-0.4, -0.2) is 33.6 Å². The summed E-state index contributed by atoms with van der Waals surface area (Å²) in [6.45, 7) is 5.24. The maximum absolute atomic E-state index is 4.28. The van der Waals surface area contributed by atoms with Gasteiger partial charge < -0.3 is 4.90 Å². The third-order valence-electron chi connectivity index (χ3n) is 2.64. The van der Waals surface area contributed by atoms with Crippen molar-refractivity contribution in [1.29, 1.82) is 0 Å². The molecule has 0 fully saturated rings. The molecule has 16 heavy (non-hydrogen) atoms. The van der Waals surface area contributed by atoms with E-state index in [1.807, 2.05) is 10.9 Å². The average Bonchev–Trinajstić information content (AvgIpc) is 2.72. The van der Waals surface area contributed by atoms with Crippen LogP contribution in [0.1, 0.15) is 31.7 Å². The number of rotatable bonds is 8. The lowest BCUT2D eigenvalue weighted by Crippen LogP contribution is -2.18. The van der Waals surface area contributed by atoms with E-state index >= 15 is 0 Å². The van der Waals surface area contributed by atoms with E-state index in [1.165, 1.54) is 31.4 Å². The Morgan fingerprint density at radius 2 is 2.19 bits per heavy atom. The van der Waals surface area contributed by atoms with Crippen LogP contribution in [0.15, 0.2) is 12.4 Å². The number of hydrogen-bond donors (Lipinski definition) is 0. The summed E-state index contributed by atoms with van der Waals surface area (Å²) < 4.78 is 1.98. The van der Waals surface area contributed by atoms with E-state index in [1.54, 1.807) is 0 Å². The molecule has 0 spiro atoms. The van der Waals surface area contributed by atoms with Crippen LogP contribution in [0.5, 0.6) is 0 Å². The molecule has 0 unspecified atom stereocenters. The van der Waals surface area contributed by atoms with Gasteiger partial charge in [-0.25, -0.2) is 0 Å². The third-order valence-corrected chi connectivity index (χ3v) is 3.20. The molecule has 92 valence electrons. The molecule has 1 rings (SSSR count). The summed E-state index contributed by atoms with van der Waals surface area (Å²) in [5.41, 5.74) is 1.31. The molecule has 0 saturated carbocycles. The molecule has 0 N–H and O–H groups in total. The lowest BCUT2D eigenvalue weighted by atomic mass is 10.2. The van der Waals surface area contributed by atoms with Gasteiger partial charge in [0, 0.05) is 30.2 Å². The van der Waals surface area contributed by atoms with Crippen molar-refractivity contribution in [1.82, 2.24) is 14.7 Å². The van der Waals surface area contributed by atoms with Gasteiger partial charge in [-0.2, -0.15) is 5.10 Å². The van der Waals surface area contributed by atoms with Gasteiger partial charge in [0.05, 0.1) is 6.20 Å². The maximum Gasteiger partial charge on any atom is 0.0534 e. The molecular weight excluding hydrogens is 266 g/mol. The highest BCUT2D eigenvalue weighted by atomic mass is 79.9. The van der Waals surface area contributed by atoms with Crippen LogP contribution in [0.4, 0.5) is 0 Å². The molecule has 0 aliphatic heterocycles. The molecule has 1 aromatic rings. The SMILES string of the molecule is CCn1cc(CN(C)CCCCCBr)cn1. The van der Waals surface area contributed by atoms with E-state index in [0.717, 1.165) is 18.4 Å². The van der Waals surface area contributed by atoms with E-state index in [4.69, 9.17) is 0 Å². The van der Waals surface area contributed by atoms with Crippen LogP contribution < -0.4 is 0 Å². The van der Waals surface area contributed by atoms with Gasteiger partial charge in [0.25, 0.3) is 0 Å². The Morgan fingerprint density at radius 3 is 2.81 bits per heavy atom. The molecule has 0 radical (unpaired) electrons. The lowest BCUT2D eigenvalue weighted by molar-refractivity contribution is 0.318. The Bertz CT molecular complexity index is 286. The topological polar surface area (TPSA) is 21.1 Å². The van der Waals surface area contributed by atoms with Crippen molar-refractivity contribution in [2.45, 2.75) is 39.3 Å². The predicted octanol–water partition coefficient (Wildman–Crippen LogP) is 2.90. The van der Waals surface area contributed by atoms with Gasteiger partial charge in [-0.05, 0) is 33.4 Å². The van der Waals surface area contributed by atoms with Gasteiger partial charge in [-0.15, -0.1) is 0 Å². The van der Waals surface area contributed by atoms with Gasteiger partial charge in [-0.3, -0.25) is 4.68 Å². The standard InChI is InChI=1S/C12H22BrN3/c1-3-16-11-12(9-14-16)10-15(2)8-6-4-5-7-13/h9,11H,3-8,10H2,1-2H3. The van der Waals surface area contributed by atoms with Crippen LogP contribution in [-0.2, 0) is 13.1 Å². The molecule has 0 aliphatic rings. The van der Waals surface area contributed by atoms with Crippen LogP contribution in [0.3, 0.4) is 0 Å². The summed E-state index contributed by atoms with van der Waals surface area (Å²) in [7, 11) is 2.18. The fourth-order valence-electron chi connectivity index (χ4n) is 1.70. The zero-order valence-electron chi connectivity index (χ0n) is 10.3. The lowest BCUT2D eigenvalue weighted by Gasteiger charge is -2.14. The summed E-state index contributed by atoms with van der Waals surface area (Å²) in [6.07, 6.45) is 7.98. The van der Waals surface area contributed by atoms with Crippen LogP contribution >= 0.6 is 15.9 Å². The summed E-state index contributed by atoms with van der Waals surface area (Å²) >= 11 is 3.46. The number of aromatic nitrogens is 2. The first-order chi connectivity index (χ1) is 7.76. The minimum Gasteiger partial charge on any atom is -0.302 e. The van der Waals surface area contributed by atoms with Gasteiger partial charge in [-0.1, -0.05) is 22.4 Å². The molecular formula is C12H22BrN3. The molecule has 1 heterocycles. The van der Waals surface area contributed by atoms with E-state index in [9.17, 15) is 0 Å². The second kappa shape index (κ2) is 7.85. The highest BCUT2D eigenvalue weighted by molar-refractivity contribution is 9.09. The van der Waals surface area contributed by atoms with E-state index < -0.39 is 0 Å². The minimum atomic E-state index is 0.953. The molecule has 1 aromatic heterocycles. The molecule has 0 amide bonds. The van der Waals surface area contributed by atoms with Gasteiger partial charge in [0.2, 0.25) is 0 Å². The van der Waals surface area contributed by atoms with Gasteiger partial charge in [0.1, 0.15) is 0 Å². The predicted molar refractivity (Wildman–Crippen MR) is 71.9 cm³/mol. The maximum atomic E-state index is 4.28. The molecule has 3 nitrogen and oxygen atoms in total. The Hall–Kier alpha value is -0.350. The van der Waals surface area contributed by atoms with Crippen LogP contribution in [0, 0.1) is 0 Å². The molecule has 0 bridgehead atoms. The average molecular weight is 288 g/mol. The molecule has 0 aliphatic carbocycles. The zero-order valence-corrected chi connectivity index (χ0v) is 11.9. The number of nitrogens with zero attached hydrogens (tertiary/aromatic N) is 3. The molecule has 0 aromatic carbocycles. The quantitative estimate of drug-likeness (QED) is 0.542. The van der Waals surface area contributed by atoms with Crippen molar-refractivity contribution < 1.29 is 0 Å². The van der Waals surface area contributed by atoms with Crippen molar-refractivity contribution in [2.24, 2.45) is 0 Å². The number of unbranched alkanes of at least 4 members (excludes halogenated alkanes) is 2. The summed E-state index contributed by atoms with van der Waals surface area (Å²) in [5, 5.41) is 5.41. The van der Waals surface area contributed by atoms with Gasteiger partial charge >= 0.3 is 0 Å². The zero-order chi connectivity index (χ0) is 11.8. The summed E-state index contributed by atoms with van der Waals surface area (Å²) in [6, 6.07) is 0. The Kier molecular flexibility index (Phi) is 6.73. The first-order valence-electron chi connectivity index (χ1n) is 6.02. The summed E-state index contributed by atoms with van der Waals surface area (Å²) in [4.78, 5) is 2.37.